The largest absolute Gasteiger partial charge is 0.490 e. The van der Waals surface area contributed by atoms with Crippen LogP contribution in [0.1, 0.15) is 11.1 Å². The number of rotatable bonds is 10. The number of anilines is 3. The first-order valence-electron chi connectivity index (χ1n) is 13.0. The van der Waals surface area contributed by atoms with Gasteiger partial charge in [-0.3, -0.25) is 5.43 Å². The lowest BCUT2D eigenvalue weighted by Gasteiger charge is -2.31. The Morgan fingerprint density at radius 1 is 0.868 bits per heavy atom. The highest BCUT2D eigenvalue weighted by Gasteiger charge is 2.19. The highest BCUT2D eigenvalue weighted by molar-refractivity contribution is 5.80. The van der Waals surface area contributed by atoms with Gasteiger partial charge in [-0.25, -0.2) is 0 Å². The third-order valence-electron chi connectivity index (χ3n) is 6.31. The second kappa shape index (κ2) is 13.1. The number of nitrogens with one attached hydrogen (secondary N) is 1. The van der Waals surface area contributed by atoms with Gasteiger partial charge >= 0.3 is 0 Å². The normalized spacial score (nSPS) is 16.0. The van der Waals surface area contributed by atoms with Crippen molar-refractivity contribution in [3.05, 3.63) is 65.7 Å². The lowest BCUT2D eigenvalue weighted by Crippen LogP contribution is -2.39. The van der Waals surface area contributed by atoms with Gasteiger partial charge in [0.05, 0.1) is 32.6 Å². The van der Waals surface area contributed by atoms with E-state index in [-0.39, 0.29) is 0 Å². The van der Waals surface area contributed by atoms with Crippen LogP contribution < -0.4 is 24.7 Å². The van der Waals surface area contributed by atoms with Crippen LogP contribution in [0.15, 0.2) is 59.7 Å². The maximum Gasteiger partial charge on any atom is 0.229 e. The number of morpholine rings is 2. The Morgan fingerprint density at radius 2 is 1.55 bits per heavy atom. The molecule has 0 atom stereocenters. The van der Waals surface area contributed by atoms with Gasteiger partial charge < -0.3 is 28.7 Å². The average Bonchev–Trinajstić information content (AvgIpc) is 2.98. The summed E-state index contributed by atoms with van der Waals surface area (Å²) >= 11 is 0. The molecular weight excluding hydrogens is 484 g/mol. The van der Waals surface area contributed by atoms with E-state index in [4.69, 9.17) is 28.9 Å². The van der Waals surface area contributed by atoms with Crippen molar-refractivity contribution >= 4 is 23.8 Å². The molecule has 0 unspecified atom stereocenters. The highest BCUT2D eigenvalue weighted by atomic mass is 16.5. The molecular formula is C28H34N6O4. The lowest BCUT2D eigenvalue weighted by atomic mass is 10.2. The molecule has 2 saturated heterocycles. The topological polar surface area (TPSA) is 93.6 Å². The molecule has 2 aromatic carbocycles. The van der Waals surface area contributed by atoms with Crippen LogP contribution in [0.3, 0.4) is 0 Å². The van der Waals surface area contributed by atoms with Crippen LogP contribution in [-0.4, -0.2) is 82.0 Å². The fourth-order valence-corrected chi connectivity index (χ4v) is 4.19. The number of hydrogen-bond donors (Lipinski definition) is 1. The molecule has 2 aliphatic rings. The zero-order valence-corrected chi connectivity index (χ0v) is 21.7. The van der Waals surface area contributed by atoms with Gasteiger partial charge in [-0.05, 0) is 48.4 Å². The summed E-state index contributed by atoms with van der Waals surface area (Å²) in [6.45, 7) is 8.84. The van der Waals surface area contributed by atoms with Crippen molar-refractivity contribution in [2.24, 2.45) is 5.10 Å². The SMILES string of the molecule is Cc1ccccc1OCCOc1ccc(/C=N/Nc2cc(N3CCOCC3)nc(N3CCOCC3)n2)cc1. The van der Waals surface area contributed by atoms with Crippen LogP contribution in [0.5, 0.6) is 11.5 Å². The Hall–Kier alpha value is -3.89. The summed E-state index contributed by atoms with van der Waals surface area (Å²) in [5, 5.41) is 4.42. The van der Waals surface area contributed by atoms with Crippen LogP contribution >= 0.6 is 0 Å². The fourth-order valence-electron chi connectivity index (χ4n) is 4.19. The summed E-state index contributed by atoms with van der Waals surface area (Å²) in [6, 6.07) is 17.7. The Morgan fingerprint density at radius 3 is 2.29 bits per heavy atom. The molecule has 1 aromatic heterocycles. The Labute approximate surface area is 223 Å². The number of hydrogen-bond acceptors (Lipinski definition) is 10. The summed E-state index contributed by atoms with van der Waals surface area (Å²) in [4.78, 5) is 13.9. The summed E-state index contributed by atoms with van der Waals surface area (Å²) in [6.07, 6.45) is 1.76. The molecule has 10 heteroatoms. The third kappa shape index (κ3) is 7.11. The number of aryl methyl sites for hydroxylation is 1. The van der Waals surface area contributed by atoms with Crippen LogP contribution in [0.4, 0.5) is 17.6 Å². The molecule has 0 bridgehead atoms. The van der Waals surface area contributed by atoms with Gasteiger partial charge in [-0.15, -0.1) is 0 Å². The van der Waals surface area contributed by atoms with Gasteiger partial charge in [0.25, 0.3) is 0 Å². The van der Waals surface area contributed by atoms with Crippen molar-refractivity contribution in [3.63, 3.8) is 0 Å². The van der Waals surface area contributed by atoms with Gasteiger partial charge in [0.15, 0.2) is 5.82 Å². The highest BCUT2D eigenvalue weighted by Crippen LogP contribution is 2.22. The predicted octanol–water partition coefficient (Wildman–Crippen LogP) is 3.36. The van der Waals surface area contributed by atoms with E-state index >= 15 is 0 Å². The number of ether oxygens (including phenoxy) is 4. The predicted molar refractivity (Wildman–Crippen MR) is 148 cm³/mol. The molecule has 0 spiro atoms. The zero-order valence-electron chi connectivity index (χ0n) is 21.7. The van der Waals surface area contributed by atoms with Crippen molar-refractivity contribution in [2.75, 3.05) is 81.0 Å². The van der Waals surface area contributed by atoms with E-state index < -0.39 is 0 Å². The number of para-hydroxylation sites is 1. The van der Waals surface area contributed by atoms with Crippen LogP contribution in [0, 0.1) is 6.92 Å². The maximum atomic E-state index is 5.81. The molecule has 2 aliphatic heterocycles. The number of hydrazone groups is 1. The number of nitrogens with zero attached hydrogens (tertiary/aromatic N) is 5. The lowest BCUT2D eigenvalue weighted by molar-refractivity contribution is 0.121. The van der Waals surface area contributed by atoms with Crippen LogP contribution in [0.2, 0.25) is 0 Å². The first-order chi connectivity index (χ1) is 18.7. The first kappa shape index (κ1) is 25.7. The molecule has 1 N–H and O–H groups in total. The molecule has 5 rings (SSSR count). The molecule has 0 amide bonds. The van der Waals surface area contributed by atoms with Crippen molar-refractivity contribution in [2.45, 2.75) is 6.92 Å². The smallest absolute Gasteiger partial charge is 0.229 e. The molecule has 0 aliphatic carbocycles. The summed E-state index contributed by atoms with van der Waals surface area (Å²) in [5.41, 5.74) is 5.14. The van der Waals surface area contributed by atoms with Crippen LogP contribution in [0.25, 0.3) is 0 Å². The minimum Gasteiger partial charge on any atom is -0.490 e. The average molecular weight is 519 g/mol. The van der Waals surface area contributed by atoms with Gasteiger partial charge in [-0.1, -0.05) is 18.2 Å². The number of benzene rings is 2. The fraction of sp³-hybridized carbons (Fsp3) is 0.393. The van der Waals surface area contributed by atoms with E-state index in [9.17, 15) is 0 Å². The van der Waals surface area contributed by atoms with E-state index in [1.54, 1.807) is 6.21 Å². The van der Waals surface area contributed by atoms with Crippen molar-refractivity contribution in [1.29, 1.82) is 0 Å². The summed E-state index contributed by atoms with van der Waals surface area (Å²) in [7, 11) is 0. The maximum absolute atomic E-state index is 5.81. The van der Waals surface area contributed by atoms with Gasteiger partial charge in [0, 0.05) is 32.2 Å². The van der Waals surface area contributed by atoms with Crippen molar-refractivity contribution < 1.29 is 18.9 Å². The monoisotopic (exact) mass is 518 g/mol. The van der Waals surface area contributed by atoms with Crippen molar-refractivity contribution in [1.82, 2.24) is 9.97 Å². The third-order valence-corrected chi connectivity index (χ3v) is 6.31. The molecule has 0 radical (unpaired) electrons. The van der Waals surface area contributed by atoms with E-state index in [1.165, 1.54) is 0 Å². The van der Waals surface area contributed by atoms with E-state index in [0.717, 1.165) is 54.6 Å². The van der Waals surface area contributed by atoms with Gasteiger partial charge in [-0.2, -0.15) is 15.1 Å². The quantitative estimate of drug-likeness (QED) is 0.246. The second-order valence-electron chi connectivity index (χ2n) is 9.01. The Bertz CT molecular complexity index is 1160. The zero-order chi connectivity index (χ0) is 26.0. The van der Waals surface area contributed by atoms with Crippen LogP contribution in [-0.2, 0) is 9.47 Å². The molecule has 200 valence electrons. The minimum absolute atomic E-state index is 0.466. The van der Waals surface area contributed by atoms with E-state index in [0.29, 0.717) is 51.4 Å². The summed E-state index contributed by atoms with van der Waals surface area (Å²) < 4.78 is 22.6. The standard InChI is InChI=1S/C28H34N6O4/c1-22-4-2-3-5-25(22)38-19-18-37-24-8-6-23(7-9-24)21-29-32-26-20-27(33-10-14-35-15-11-33)31-28(30-26)34-12-16-36-17-13-34/h2-9,20-21H,10-19H2,1H3,(H,30,31,32)/b29-21+. The van der Waals surface area contributed by atoms with E-state index in [2.05, 4.69) is 20.3 Å². The van der Waals surface area contributed by atoms with E-state index in [1.807, 2.05) is 61.5 Å². The minimum atomic E-state index is 0.466. The van der Waals surface area contributed by atoms with Crippen molar-refractivity contribution in [3.8, 4) is 11.5 Å². The Balaban J connectivity index is 1.16. The second-order valence-corrected chi connectivity index (χ2v) is 9.01. The molecule has 3 heterocycles. The van der Waals surface area contributed by atoms with Gasteiger partial charge in [0.2, 0.25) is 5.95 Å². The summed E-state index contributed by atoms with van der Waals surface area (Å²) in [5.74, 6) is 3.86. The number of aromatic nitrogens is 2. The Kier molecular flexibility index (Phi) is 8.85. The molecule has 0 saturated carbocycles. The molecule has 38 heavy (non-hydrogen) atoms. The molecule has 3 aromatic rings. The first-order valence-corrected chi connectivity index (χ1v) is 13.0. The molecule has 10 nitrogen and oxygen atoms in total. The molecule has 2 fully saturated rings. The van der Waals surface area contributed by atoms with Gasteiger partial charge in [0.1, 0.15) is 30.5 Å².